The van der Waals surface area contributed by atoms with Crippen LogP contribution < -0.4 is 5.73 Å². The van der Waals surface area contributed by atoms with Crippen molar-refractivity contribution in [1.82, 2.24) is 15.2 Å². The van der Waals surface area contributed by atoms with Crippen molar-refractivity contribution in [3.05, 3.63) is 54.4 Å². The van der Waals surface area contributed by atoms with Gasteiger partial charge in [0.1, 0.15) is 0 Å². The van der Waals surface area contributed by atoms with Gasteiger partial charge in [0, 0.05) is 18.0 Å². The van der Waals surface area contributed by atoms with E-state index < -0.39 is 0 Å². The van der Waals surface area contributed by atoms with E-state index in [4.69, 9.17) is 5.73 Å². The molecule has 2 heterocycles. The summed E-state index contributed by atoms with van der Waals surface area (Å²) in [7, 11) is 0. The highest BCUT2D eigenvalue weighted by molar-refractivity contribution is 5.87. The van der Waals surface area contributed by atoms with Gasteiger partial charge in [-0.15, -0.1) is 0 Å². The zero-order chi connectivity index (χ0) is 13.2. The largest absolute Gasteiger partial charge is 0.382 e. The molecule has 0 spiro atoms. The van der Waals surface area contributed by atoms with Crippen molar-refractivity contribution in [2.75, 3.05) is 5.73 Å². The van der Waals surface area contributed by atoms with Gasteiger partial charge in [0.05, 0.1) is 11.3 Å². The van der Waals surface area contributed by atoms with Gasteiger partial charge in [-0.2, -0.15) is 5.10 Å². The van der Waals surface area contributed by atoms with Crippen molar-refractivity contribution in [2.45, 2.75) is 6.92 Å². The van der Waals surface area contributed by atoms with E-state index in [1.54, 1.807) is 12.4 Å². The summed E-state index contributed by atoms with van der Waals surface area (Å²) in [6, 6.07) is 12.1. The van der Waals surface area contributed by atoms with E-state index in [1.807, 2.05) is 12.1 Å². The third-order valence-electron chi connectivity index (χ3n) is 3.08. The van der Waals surface area contributed by atoms with Gasteiger partial charge in [0.15, 0.2) is 5.82 Å². The molecule has 0 fully saturated rings. The highest BCUT2D eigenvalue weighted by Crippen LogP contribution is 2.34. The highest BCUT2D eigenvalue weighted by atomic mass is 15.2. The number of rotatable bonds is 2. The molecular formula is C15H14N4. The minimum Gasteiger partial charge on any atom is -0.382 e. The number of anilines is 1. The third-order valence-corrected chi connectivity index (χ3v) is 3.08. The van der Waals surface area contributed by atoms with Crippen LogP contribution in [0.15, 0.2) is 48.8 Å². The molecule has 3 N–H and O–H groups in total. The maximum atomic E-state index is 5.99. The summed E-state index contributed by atoms with van der Waals surface area (Å²) in [5.74, 6) is 0.503. The van der Waals surface area contributed by atoms with E-state index >= 15 is 0 Å². The Morgan fingerprint density at radius 3 is 2.53 bits per heavy atom. The summed E-state index contributed by atoms with van der Waals surface area (Å²) in [4.78, 5) is 4.13. The molecule has 0 amide bonds. The molecule has 3 rings (SSSR count). The summed E-state index contributed by atoms with van der Waals surface area (Å²) in [6.45, 7) is 2.06. The summed E-state index contributed by atoms with van der Waals surface area (Å²) in [5, 5.41) is 7.11. The van der Waals surface area contributed by atoms with Gasteiger partial charge in [-0.3, -0.25) is 10.1 Å². The van der Waals surface area contributed by atoms with Crippen LogP contribution in [0.2, 0.25) is 0 Å². The lowest BCUT2D eigenvalue weighted by Crippen LogP contribution is -1.89. The topological polar surface area (TPSA) is 67.6 Å². The second-order valence-electron chi connectivity index (χ2n) is 4.47. The molecule has 0 radical (unpaired) electrons. The number of aryl methyl sites for hydroxylation is 1. The smallest absolute Gasteiger partial charge is 0.153 e. The van der Waals surface area contributed by atoms with Crippen LogP contribution in [0.1, 0.15) is 5.56 Å². The maximum absolute atomic E-state index is 5.99. The molecule has 94 valence electrons. The van der Waals surface area contributed by atoms with Crippen molar-refractivity contribution in [1.29, 1.82) is 0 Å². The Morgan fingerprint density at radius 2 is 1.84 bits per heavy atom. The van der Waals surface area contributed by atoms with E-state index in [-0.39, 0.29) is 0 Å². The number of aromatic amines is 1. The van der Waals surface area contributed by atoms with Gasteiger partial charge in [0.25, 0.3) is 0 Å². The van der Waals surface area contributed by atoms with Crippen LogP contribution in [0.25, 0.3) is 22.4 Å². The molecule has 0 saturated carbocycles. The van der Waals surface area contributed by atoms with Crippen molar-refractivity contribution in [3.8, 4) is 22.4 Å². The predicted molar refractivity (Wildman–Crippen MR) is 76.4 cm³/mol. The monoisotopic (exact) mass is 250 g/mol. The van der Waals surface area contributed by atoms with Crippen LogP contribution in [-0.2, 0) is 0 Å². The Bertz CT molecular complexity index is 684. The molecule has 1 aromatic carbocycles. The third kappa shape index (κ3) is 2.08. The molecular weight excluding hydrogens is 236 g/mol. The number of hydrogen-bond donors (Lipinski definition) is 2. The van der Waals surface area contributed by atoms with Gasteiger partial charge in [-0.1, -0.05) is 29.8 Å². The first-order valence-electron chi connectivity index (χ1n) is 6.07. The quantitative estimate of drug-likeness (QED) is 0.734. The molecule has 3 aromatic rings. The minimum atomic E-state index is 0.503. The molecule has 0 aliphatic rings. The molecule has 0 bridgehead atoms. The average Bonchev–Trinajstić information content (AvgIpc) is 2.83. The minimum absolute atomic E-state index is 0.503. The lowest BCUT2D eigenvalue weighted by molar-refractivity contribution is 1.10. The molecule has 0 aliphatic carbocycles. The molecule has 2 aromatic heterocycles. The van der Waals surface area contributed by atoms with Crippen LogP contribution in [0.4, 0.5) is 5.82 Å². The summed E-state index contributed by atoms with van der Waals surface area (Å²) in [6.07, 6.45) is 3.54. The number of nitrogens with one attached hydrogen (secondary N) is 1. The second-order valence-corrected chi connectivity index (χ2v) is 4.47. The molecule has 19 heavy (non-hydrogen) atoms. The number of nitrogens with zero attached hydrogens (tertiary/aromatic N) is 2. The number of nitrogen functional groups attached to an aromatic ring is 1. The van der Waals surface area contributed by atoms with E-state index in [0.29, 0.717) is 5.82 Å². The van der Waals surface area contributed by atoms with Gasteiger partial charge in [-0.05, 0) is 24.6 Å². The number of benzene rings is 1. The SMILES string of the molecule is Cc1ccc(-c2c(N)n[nH]c2-c2cccnc2)cc1. The lowest BCUT2D eigenvalue weighted by atomic mass is 10.0. The van der Waals surface area contributed by atoms with Crippen LogP contribution in [-0.4, -0.2) is 15.2 Å². The molecule has 4 heteroatoms. The van der Waals surface area contributed by atoms with E-state index in [2.05, 4.69) is 46.4 Å². The Balaban J connectivity index is 2.17. The van der Waals surface area contributed by atoms with Gasteiger partial charge >= 0.3 is 0 Å². The average molecular weight is 250 g/mol. The Morgan fingerprint density at radius 1 is 1.05 bits per heavy atom. The van der Waals surface area contributed by atoms with E-state index in [1.165, 1.54) is 5.56 Å². The van der Waals surface area contributed by atoms with Crippen molar-refractivity contribution in [2.24, 2.45) is 0 Å². The maximum Gasteiger partial charge on any atom is 0.153 e. The predicted octanol–water partition coefficient (Wildman–Crippen LogP) is 3.03. The fraction of sp³-hybridized carbons (Fsp3) is 0.0667. The van der Waals surface area contributed by atoms with Crippen LogP contribution in [0, 0.1) is 6.92 Å². The van der Waals surface area contributed by atoms with Crippen LogP contribution in [0.5, 0.6) is 0 Å². The first-order valence-corrected chi connectivity index (χ1v) is 6.07. The molecule has 4 nitrogen and oxygen atoms in total. The van der Waals surface area contributed by atoms with E-state index in [9.17, 15) is 0 Å². The molecule has 0 saturated heterocycles. The first-order chi connectivity index (χ1) is 9.25. The second kappa shape index (κ2) is 4.57. The van der Waals surface area contributed by atoms with Crippen LogP contribution in [0.3, 0.4) is 0 Å². The Kier molecular flexibility index (Phi) is 2.76. The number of hydrogen-bond acceptors (Lipinski definition) is 3. The van der Waals surface area contributed by atoms with Crippen molar-refractivity contribution >= 4 is 5.82 Å². The first kappa shape index (κ1) is 11.5. The van der Waals surface area contributed by atoms with Crippen LogP contribution >= 0.6 is 0 Å². The van der Waals surface area contributed by atoms with Gasteiger partial charge in [-0.25, -0.2) is 0 Å². The van der Waals surface area contributed by atoms with Gasteiger partial charge in [0.2, 0.25) is 0 Å². The number of aromatic nitrogens is 3. The molecule has 0 aliphatic heterocycles. The number of H-pyrrole nitrogens is 1. The lowest BCUT2D eigenvalue weighted by Gasteiger charge is -2.05. The molecule has 0 atom stereocenters. The normalized spacial score (nSPS) is 10.6. The standard InChI is InChI=1S/C15H14N4/c1-10-4-6-11(7-5-10)13-14(18-19-15(13)16)12-3-2-8-17-9-12/h2-9H,1H3,(H3,16,18,19). The zero-order valence-electron chi connectivity index (χ0n) is 10.6. The molecule has 0 unspecified atom stereocenters. The Labute approximate surface area is 111 Å². The number of nitrogens with two attached hydrogens (primary N) is 1. The highest BCUT2D eigenvalue weighted by Gasteiger charge is 2.14. The van der Waals surface area contributed by atoms with Crippen molar-refractivity contribution < 1.29 is 0 Å². The Hall–Kier alpha value is -2.62. The summed E-state index contributed by atoms with van der Waals surface area (Å²) >= 11 is 0. The van der Waals surface area contributed by atoms with Gasteiger partial charge < -0.3 is 5.73 Å². The zero-order valence-corrected chi connectivity index (χ0v) is 10.6. The van der Waals surface area contributed by atoms with E-state index in [0.717, 1.165) is 22.4 Å². The van der Waals surface area contributed by atoms with Crippen molar-refractivity contribution in [3.63, 3.8) is 0 Å². The number of pyridine rings is 1. The summed E-state index contributed by atoms with van der Waals surface area (Å²) < 4.78 is 0. The fourth-order valence-electron chi connectivity index (χ4n) is 2.09. The fourth-order valence-corrected chi connectivity index (χ4v) is 2.09. The summed E-state index contributed by atoms with van der Waals surface area (Å²) in [5.41, 5.74) is 11.1.